The van der Waals surface area contributed by atoms with E-state index in [0.717, 1.165) is 0 Å². The largest absolute Gasteiger partial charge is 0.414 e. The van der Waals surface area contributed by atoms with E-state index in [2.05, 4.69) is 10.2 Å². The van der Waals surface area contributed by atoms with E-state index in [-0.39, 0.29) is 11.1 Å². The van der Waals surface area contributed by atoms with Gasteiger partial charge in [-0.05, 0) is 10.7 Å². The van der Waals surface area contributed by atoms with Crippen LogP contribution in [0.2, 0.25) is 0 Å². The molecule has 1 aromatic rings. The van der Waals surface area contributed by atoms with Crippen molar-refractivity contribution in [1.82, 2.24) is 10.2 Å². The van der Waals surface area contributed by atoms with Gasteiger partial charge in [0.2, 0.25) is 5.89 Å². The lowest BCUT2D eigenvalue weighted by atomic mass is 10.8. The molecule has 0 fully saturated rings. The third-order valence-electron chi connectivity index (χ3n) is 0.931. The first-order valence-electron chi connectivity index (χ1n) is 2.66. The first-order chi connectivity index (χ1) is 5.44. The average molecular weight is 250 g/mol. The van der Waals surface area contributed by atoms with E-state index >= 15 is 0 Å². The number of rotatable bonds is 1. The quantitative estimate of drug-likeness (QED) is 0.562. The van der Waals surface area contributed by atoms with Gasteiger partial charge in [0.25, 0.3) is 0 Å². The van der Waals surface area contributed by atoms with E-state index in [4.69, 9.17) is 38.3 Å². The lowest BCUT2D eigenvalue weighted by molar-refractivity contribution is 0.423. The van der Waals surface area contributed by atoms with Crippen LogP contribution in [0.4, 0.5) is 0 Å². The molecule has 1 heterocycles. The highest BCUT2D eigenvalue weighted by Gasteiger charge is 2.19. The van der Waals surface area contributed by atoms with Crippen LogP contribution in [0, 0.1) is 6.92 Å². The summed E-state index contributed by atoms with van der Waals surface area (Å²) in [6, 6.07) is 0. The normalized spacial score (nSPS) is 15.7. The maximum Gasteiger partial charge on any atom is 0.316 e. The molecular weight excluding hydrogens is 246 g/mol. The molecule has 0 amide bonds. The van der Waals surface area contributed by atoms with Crippen LogP contribution < -0.4 is 0 Å². The van der Waals surface area contributed by atoms with Crippen molar-refractivity contribution < 1.29 is 8.63 Å². The van der Waals surface area contributed by atoms with Crippen LogP contribution in [0.25, 0.3) is 0 Å². The van der Waals surface area contributed by atoms with Gasteiger partial charge in [-0.3, -0.25) is 0 Å². The van der Waals surface area contributed by atoms with Crippen molar-refractivity contribution in [3.8, 4) is 0 Å². The molecule has 1 unspecified atom stereocenters. The molecule has 0 N–H and O–H groups in total. The molecular formula is C4H3Cl3N2O2S. The molecule has 0 spiro atoms. The van der Waals surface area contributed by atoms with Gasteiger partial charge >= 0.3 is 5.22 Å². The summed E-state index contributed by atoms with van der Waals surface area (Å²) in [5.74, 6) is 0.243. The Bertz CT molecular complexity index is 402. The minimum absolute atomic E-state index is 0.243. The molecule has 0 aliphatic carbocycles. The Kier molecular flexibility index (Phi) is 2.88. The fraction of sp³-hybridized carbons (Fsp3) is 0.250. The third kappa shape index (κ3) is 1.85. The molecule has 1 aromatic heterocycles. The summed E-state index contributed by atoms with van der Waals surface area (Å²) in [6.07, 6.45) is 0. The van der Waals surface area contributed by atoms with Crippen LogP contribution >= 0.6 is 33.9 Å². The van der Waals surface area contributed by atoms with Crippen molar-refractivity contribution in [1.29, 1.82) is 0 Å². The predicted molar refractivity (Wildman–Crippen MR) is 48.0 cm³/mol. The molecule has 0 bridgehead atoms. The molecule has 0 saturated carbocycles. The first-order valence-corrected chi connectivity index (χ1v) is 5.80. The summed E-state index contributed by atoms with van der Waals surface area (Å²) in [5, 5.41) is 6.57. The fourth-order valence-corrected chi connectivity index (χ4v) is 1.54. The van der Waals surface area contributed by atoms with Crippen molar-refractivity contribution in [2.24, 2.45) is 0 Å². The number of hydrogen-bond acceptors (Lipinski definition) is 4. The SMILES string of the molecule is Cc1nnc(S(=O)(Cl)=C(Cl)Cl)o1. The molecule has 12 heavy (non-hydrogen) atoms. The van der Waals surface area contributed by atoms with Crippen LogP contribution in [-0.4, -0.2) is 18.2 Å². The Hall–Kier alpha value is 0.0300. The first kappa shape index (κ1) is 10.1. The Labute approximate surface area is 83.3 Å². The zero-order chi connectivity index (χ0) is 9.35. The zero-order valence-electron chi connectivity index (χ0n) is 5.75. The number of aryl methyl sites for hydroxylation is 1. The number of nitrogens with zero attached hydrogens (tertiary/aromatic N) is 2. The van der Waals surface area contributed by atoms with Crippen molar-refractivity contribution in [2.45, 2.75) is 12.1 Å². The highest BCUT2D eigenvalue weighted by atomic mass is 35.7. The number of aromatic nitrogens is 2. The molecule has 68 valence electrons. The van der Waals surface area contributed by atoms with Gasteiger partial charge in [0.15, 0.2) is 12.5 Å². The summed E-state index contributed by atoms with van der Waals surface area (Å²) in [4.78, 5) is 0. The van der Waals surface area contributed by atoms with Crippen LogP contribution in [0.3, 0.4) is 0 Å². The van der Waals surface area contributed by atoms with Crippen molar-refractivity contribution in [3.05, 3.63) is 5.89 Å². The minimum Gasteiger partial charge on any atom is -0.414 e. The second-order valence-corrected chi connectivity index (χ2v) is 6.23. The topological polar surface area (TPSA) is 56.0 Å². The van der Waals surface area contributed by atoms with Crippen LogP contribution in [0.15, 0.2) is 9.64 Å². The number of halogens is 3. The van der Waals surface area contributed by atoms with E-state index in [0.29, 0.717) is 0 Å². The van der Waals surface area contributed by atoms with Gasteiger partial charge in [0, 0.05) is 6.92 Å². The average Bonchev–Trinajstić information content (AvgIpc) is 2.35. The van der Waals surface area contributed by atoms with Crippen LogP contribution in [0.5, 0.6) is 0 Å². The molecule has 4 nitrogen and oxygen atoms in total. The maximum absolute atomic E-state index is 11.4. The van der Waals surface area contributed by atoms with E-state index in [9.17, 15) is 4.21 Å². The van der Waals surface area contributed by atoms with E-state index in [1.807, 2.05) is 0 Å². The van der Waals surface area contributed by atoms with Gasteiger partial charge in [-0.15, -0.1) is 5.10 Å². The predicted octanol–water partition coefficient (Wildman–Crippen LogP) is 1.74. The summed E-state index contributed by atoms with van der Waals surface area (Å²) >= 11 is 10.5. The number of hydrogen-bond donors (Lipinski definition) is 0. The summed E-state index contributed by atoms with van der Waals surface area (Å²) in [6.45, 7) is 1.53. The highest BCUT2D eigenvalue weighted by Crippen LogP contribution is 2.18. The lowest BCUT2D eigenvalue weighted by Crippen LogP contribution is -1.97. The van der Waals surface area contributed by atoms with Gasteiger partial charge in [0.05, 0.1) is 0 Å². The molecule has 0 aliphatic heterocycles. The van der Waals surface area contributed by atoms with Crippen molar-refractivity contribution >= 4 is 46.4 Å². The standard InChI is InChI=1S/C4H3Cl3N2O2S/c1-2-8-9-4(11-2)12(7,10)3(5)6/h1H3. The van der Waals surface area contributed by atoms with Gasteiger partial charge in [-0.2, -0.15) is 0 Å². The second kappa shape index (κ2) is 3.41. The molecule has 1 rings (SSSR count). The molecule has 8 heteroatoms. The lowest BCUT2D eigenvalue weighted by Gasteiger charge is -1.92. The molecule has 0 aliphatic rings. The van der Waals surface area contributed by atoms with E-state index < -0.39 is 12.5 Å². The monoisotopic (exact) mass is 248 g/mol. The smallest absolute Gasteiger partial charge is 0.316 e. The fourth-order valence-electron chi connectivity index (χ4n) is 0.451. The van der Waals surface area contributed by atoms with Gasteiger partial charge in [-0.25, -0.2) is 4.21 Å². The minimum atomic E-state index is -3.23. The maximum atomic E-state index is 11.4. The van der Waals surface area contributed by atoms with Gasteiger partial charge in [0.1, 0.15) is 0 Å². The zero-order valence-corrected chi connectivity index (χ0v) is 8.84. The Morgan fingerprint density at radius 1 is 1.50 bits per heavy atom. The molecule has 0 radical (unpaired) electrons. The molecule has 1 atom stereocenters. The highest BCUT2D eigenvalue weighted by molar-refractivity contribution is 8.25. The Balaban J connectivity index is 3.35. The Morgan fingerprint density at radius 2 is 2.08 bits per heavy atom. The van der Waals surface area contributed by atoms with E-state index in [1.54, 1.807) is 0 Å². The summed E-state index contributed by atoms with van der Waals surface area (Å²) < 4.78 is 15.7. The van der Waals surface area contributed by atoms with Gasteiger partial charge < -0.3 is 4.42 Å². The summed E-state index contributed by atoms with van der Waals surface area (Å²) in [5.41, 5.74) is 0. The Morgan fingerprint density at radius 3 is 2.42 bits per heavy atom. The van der Waals surface area contributed by atoms with Crippen molar-refractivity contribution in [2.75, 3.05) is 0 Å². The third-order valence-corrected chi connectivity index (χ3v) is 4.58. The second-order valence-electron chi connectivity index (χ2n) is 1.80. The molecule has 0 aromatic carbocycles. The van der Waals surface area contributed by atoms with Crippen LogP contribution in [-0.2, 0) is 8.74 Å². The van der Waals surface area contributed by atoms with Crippen molar-refractivity contribution in [3.63, 3.8) is 0 Å². The van der Waals surface area contributed by atoms with Gasteiger partial charge in [-0.1, -0.05) is 28.3 Å². The summed E-state index contributed by atoms with van der Waals surface area (Å²) in [7, 11) is 2.21. The molecule has 0 saturated heterocycles. The van der Waals surface area contributed by atoms with Crippen LogP contribution in [0.1, 0.15) is 5.89 Å². The van der Waals surface area contributed by atoms with E-state index in [1.165, 1.54) is 6.92 Å².